The van der Waals surface area contributed by atoms with Crippen molar-refractivity contribution < 1.29 is 23.4 Å². The Morgan fingerprint density at radius 2 is 2.00 bits per heavy atom. The summed E-state index contributed by atoms with van der Waals surface area (Å²) < 4.78 is 26.9. The van der Waals surface area contributed by atoms with Crippen molar-refractivity contribution in [3.05, 3.63) is 16.3 Å². The first-order valence-corrected chi connectivity index (χ1v) is 8.78. The molecule has 6 nitrogen and oxygen atoms in total. The average molecular weight is 319 g/mol. The fourth-order valence-electron chi connectivity index (χ4n) is 2.26. The second kappa shape index (κ2) is 6.21. The van der Waals surface area contributed by atoms with Crippen LogP contribution in [-0.4, -0.2) is 36.7 Å². The monoisotopic (exact) mass is 319 g/mol. The molecule has 2 unspecified atom stereocenters. The number of nitrogens with one attached hydrogen (secondary N) is 1. The van der Waals surface area contributed by atoms with Gasteiger partial charge in [0.25, 0.3) is 0 Å². The van der Waals surface area contributed by atoms with Gasteiger partial charge in [-0.2, -0.15) is 0 Å². The van der Waals surface area contributed by atoms with Crippen molar-refractivity contribution in [2.45, 2.75) is 49.1 Å². The molecule has 1 heterocycles. The first-order valence-electron chi connectivity index (χ1n) is 6.42. The van der Waals surface area contributed by atoms with Crippen LogP contribution in [-0.2, 0) is 10.0 Å². The third-order valence-corrected chi connectivity index (χ3v) is 5.92. The molecule has 0 aromatic carbocycles. The summed E-state index contributed by atoms with van der Waals surface area (Å²) in [5, 5.41) is 20.1. The molecular weight excluding hydrogens is 302 g/mol. The molecule has 0 amide bonds. The zero-order valence-electron chi connectivity index (χ0n) is 10.8. The molecule has 0 bridgehead atoms. The van der Waals surface area contributed by atoms with Gasteiger partial charge < -0.3 is 10.2 Å². The van der Waals surface area contributed by atoms with Crippen molar-refractivity contribution in [2.24, 2.45) is 0 Å². The largest absolute Gasteiger partial charge is 0.477 e. The van der Waals surface area contributed by atoms with Crippen LogP contribution in [0.4, 0.5) is 0 Å². The van der Waals surface area contributed by atoms with Crippen LogP contribution in [0.15, 0.2) is 16.3 Å². The summed E-state index contributed by atoms with van der Waals surface area (Å²) in [6.07, 6.45) is 3.23. The van der Waals surface area contributed by atoms with E-state index in [1.807, 2.05) is 0 Å². The summed E-state index contributed by atoms with van der Waals surface area (Å²) in [5.41, 5.74) is 0. The minimum Gasteiger partial charge on any atom is -0.477 e. The number of sulfonamides is 1. The molecule has 112 valence electrons. The van der Waals surface area contributed by atoms with E-state index in [1.165, 1.54) is 5.38 Å². The highest BCUT2D eigenvalue weighted by atomic mass is 32.2. The minimum absolute atomic E-state index is 0.0215. The van der Waals surface area contributed by atoms with Crippen molar-refractivity contribution in [2.75, 3.05) is 0 Å². The van der Waals surface area contributed by atoms with Crippen LogP contribution < -0.4 is 4.72 Å². The van der Waals surface area contributed by atoms with Crippen molar-refractivity contribution in [3.63, 3.8) is 0 Å². The number of aliphatic hydroxyl groups excluding tert-OH is 1. The Bertz CT molecular complexity index is 580. The molecule has 3 N–H and O–H groups in total. The number of hydrogen-bond donors (Lipinski definition) is 3. The zero-order valence-corrected chi connectivity index (χ0v) is 12.4. The van der Waals surface area contributed by atoms with E-state index in [0.29, 0.717) is 12.8 Å². The first-order chi connectivity index (χ1) is 9.40. The Morgan fingerprint density at radius 1 is 1.30 bits per heavy atom. The summed E-state index contributed by atoms with van der Waals surface area (Å²) in [6, 6.07) is 0.633. The van der Waals surface area contributed by atoms with Crippen molar-refractivity contribution in [1.29, 1.82) is 0 Å². The maximum Gasteiger partial charge on any atom is 0.345 e. The van der Waals surface area contributed by atoms with Crippen molar-refractivity contribution >= 4 is 27.3 Å². The van der Waals surface area contributed by atoms with E-state index in [-0.39, 0.29) is 9.77 Å². The maximum atomic E-state index is 12.2. The van der Waals surface area contributed by atoms with Crippen LogP contribution >= 0.6 is 11.3 Å². The lowest BCUT2D eigenvalue weighted by atomic mass is 10.1. The summed E-state index contributed by atoms with van der Waals surface area (Å²) in [7, 11) is -3.78. The molecule has 0 aliphatic heterocycles. The van der Waals surface area contributed by atoms with Gasteiger partial charge in [-0.15, -0.1) is 11.3 Å². The second-order valence-corrected chi connectivity index (χ2v) is 7.51. The molecule has 2 rings (SSSR count). The van der Waals surface area contributed by atoms with Crippen LogP contribution in [0.25, 0.3) is 0 Å². The van der Waals surface area contributed by atoms with Crippen molar-refractivity contribution in [1.82, 2.24) is 4.72 Å². The first kappa shape index (κ1) is 15.4. The van der Waals surface area contributed by atoms with Crippen LogP contribution in [0.5, 0.6) is 0 Å². The maximum absolute atomic E-state index is 12.2. The van der Waals surface area contributed by atoms with Crippen LogP contribution in [0.2, 0.25) is 0 Å². The highest BCUT2D eigenvalue weighted by molar-refractivity contribution is 7.89. The molecule has 0 spiro atoms. The Labute approximate surface area is 121 Å². The molecule has 20 heavy (non-hydrogen) atoms. The molecule has 0 radical (unpaired) electrons. The van der Waals surface area contributed by atoms with Gasteiger partial charge in [0.1, 0.15) is 4.88 Å². The van der Waals surface area contributed by atoms with Gasteiger partial charge in [0.2, 0.25) is 10.0 Å². The lowest BCUT2D eigenvalue weighted by molar-refractivity contribution is 0.0702. The smallest absolute Gasteiger partial charge is 0.345 e. The van der Waals surface area contributed by atoms with E-state index < -0.39 is 28.1 Å². The third-order valence-electron chi connectivity index (χ3n) is 3.38. The topological polar surface area (TPSA) is 104 Å². The Hall–Kier alpha value is -0.960. The Balaban J connectivity index is 2.15. The SMILES string of the molecule is O=C(O)c1cc(S(=O)(=O)NC2CCCCCC2O)cs1. The fourth-order valence-corrected chi connectivity index (χ4v) is 4.68. The van der Waals surface area contributed by atoms with Gasteiger partial charge in [-0.25, -0.2) is 17.9 Å². The highest BCUT2D eigenvalue weighted by Gasteiger charge is 2.28. The molecule has 1 aromatic heterocycles. The van der Waals surface area contributed by atoms with Gasteiger partial charge in [0, 0.05) is 11.4 Å². The van der Waals surface area contributed by atoms with Gasteiger partial charge >= 0.3 is 5.97 Å². The van der Waals surface area contributed by atoms with Gasteiger partial charge in [-0.1, -0.05) is 19.3 Å². The quantitative estimate of drug-likeness (QED) is 0.728. The van der Waals surface area contributed by atoms with Crippen LogP contribution in [0.1, 0.15) is 41.8 Å². The highest BCUT2D eigenvalue weighted by Crippen LogP contribution is 2.23. The standard InChI is InChI=1S/C12H17NO5S2/c14-10-5-3-1-2-4-9(10)13-20(17,18)8-6-11(12(15)16)19-7-8/h6-7,9-10,13-14H,1-5H2,(H,15,16). The lowest BCUT2D eigenvalue weighted by Gasteiger charge is -2.21. The predicted octanol–water partition coefficient (Wildman–Crippen LogP) is 1.42. The molecular formula is C12H17NO5S2. The number of carbonyl (C=O) groups is 1. The molecule has 1 fully saturated rings. The predicted molar refractivity (Wildman–Crippen MR) is 74.5 cm³/mol. The minimum atomic E-state index is -3.78. The number of carboxylic acids is 1. The summed E-state index contributed by atoms with van der Waals surface area (Å²) in [6.45, 7) is 0. The van der Waals surface area contributed by atoms with E-state index in [4.69, 9.17) is 5.11 Å². The zero-order chi connectivity index (χ0) is 14.8. The number of rotatable bonds is 4. The van der Waals surface area contributed by atoms with E-state index in [2.05, 4.69) is 4.72 Å². The number of carboxylic acid groups (broad SMARTS) is 1. The second-order valence-electron chi connectivity index (χ2n) is 4.88. The normalized spacial score (nSPS) is 24.2. The molecule has 0 saturated heterocycles. The average Bonchev–Trinajstić information content (AvgIpc) is 2.79. The molecule has 1 aliphatic rings. The van der Waals surface area contributed by atoms with Gasteiger partial charge in [0.05, 0.1) is 11.0 Å². The fraction of sp³-hybridized carbons (Fsp3) is 0.583. The summed E-state index contributed by atoms with van der Waals surface area (Å²) >= 11 is 0.870. The molecule has 8 heteroatoms. The Kier molecular flexibility index (Phi) is 4.79. The molecule has 1 aliphatic carbocycles. The third kappa shape index (κ3) is 3.57. The van der Waals surface area contributed by atoms with Crippen LogP contribution in [0, 0.1) is 0 Å². The van der Waals surface area contributed by atoms with Crippen molar-refractivity contribution in [3.8, 4) is 0 Å². The summed E-state index contributed by atoms with van der Waals surface area (Å²) in [4.78, 5) is 10.7. The van der Waals surface area contributed by atoms with E-state index in [0.717, 1.165) is 36.7 Å². The van der Waals surface area contributed by atoms with Gasteiger partial charge in [-0.3, -0.25) is 0 Å². The molecule has 2 atom stereocenters. The number of aromatic carboxylic acids is 1. The Morgan fingerprint density at radius 3 is 2.65 bits per heavy atom. The van der Waals surface area contributed by atoms with Gasteiger partial charge in [-0.05, 0) is 18.9 Å². The number of thiophene rings is 1. The summed E-state index contributed by atoms with van der Waals surface area (Å²) in [5.74, 6) is -1.15. The molecule has 1 saturated carbocycles. The number of aliphatic hydroxyl groups is 1. The van der Waals surface area contributed by atoms with E-state index >= 15 is 0 Å². The van der Waals surface area contributed by atoms with Gasteiger partial charge in [0.15, 0.2) is 0 Å². The van der Waals surface area contributed by atoms with E-state index in [9.17, 15) is 18.3 Å². The number of hydrogen-bond acceptors (Lipinski definition) is 5. The van der Waals surface area contributed by atoms with E-state index in [1.54, 1.807) is 0 Å². The lowest BCUT2D eigenvalue weighted by Crippen LogP contribution is -2.42. The molecule has 1 aromatic rings. The van der Waals surface area contributed by atoms with Crippen LogP contribution in [0.3, 0.4) is 0 Å².